The van der Waals surface area contributed by atoms with Gasteiger partial charge < -0.3 is 46.5 Å². The van der Waals surface area contributed by atoms with Gasteiger partial charge in [-0.1, -0.05) is 92.2 Å². The minimum atomic E-state index is -1.12. The first-order chi connectivity index (χ1) is 29.5. The number of hydrogen-bond acceptors (Lipinski definition) is 9. The molecular formula is C47H67N7O8S. The standard InChI is InChI=1S/C47H65N7O8.H2S/c1-30(2)27-40(43(57)60-28-32-23-21-31(3)22-24-32)53-41(55)38(20-14-26-50-44(48)49-7)52-42(56)39(19-12-13-25-51-45(58)62-47(4,5)6)54-46(59)61-29-37-35-17-10-8-15-33(35)34-16-9-11-18-36(34)37;/h8-11,15-18,21-24,30,37-40H,12-14,19-20,25-29H2,1-7H3,(H,51,58)(H,52,56)(H,53,55)(H,54,59)(H3,48,49,50);1H2/t38-,39-,40+;/m1./s1. The molecule has 0 unspecified atom stereocenters. The number of aliphatic imine (C=N–C) groups is 1. The molecule has 1 aliphatic rings. The molecule has 0 bridgehead atoms. The molecule has 0 saturated heterocycles. The van der Waals surface area contributed by atoms with Crippen LogP contribution < -0.4 is 32.3 Å². The van der Waals surface area contributed by atoms with Gasteiger partial charge in [0.25, 0.3) is 0 Å². The third-order valence-electron chi connectivity index (χ3n) is 10.2. The molecule has 0 radical (unpaired) electrons. The maximum atomic E-state index is 14.2. The molecule has 15 nitrogen and oxygen atoms in total. The van der Waals surface area contributed by atoms with Gasteiger partial charge in [-0.15, -0.1) is 0 Å². The number of unbranched alkanes of at least 4 members (excludes halogenated alkanes) is 1. The molecule has 0 fully saturated rings. The van der Waals surface area contributed by atoms with E-state index in [2.05, 4.69) is 31.6 Å². The summed E-state index contributed by atoms with van der Waals surface area (Å²) in [4.78, 5) is 71.3. The van der Waals surface area contributed by atoms with E-state index < -0.39 is 53.7 Å². The third-order valence-corrected chi connectivity index (χ3v) is 10.2. The number of carbonyl (C=O) groups is 5. The molecule has 3 aromatic rings. The zero-order chi connectivity index (χ0) is 45.2. The Balaban J connectivity index is 0.0000106. The first-order valence-electron chi connectivity index (χ1n) is 21.4. The zero-order valence-corrected chi connectivity index (χ0v) is 38.7. The van der Waals surface area contributed by atoms with Crippen molar-refractivity contribution in [2.45, 2.75) is 116 Å². The van der Waals surface area contributed by atoms with E-state index in [1.165, 1.54) is 0 Å². The molecule has 16 heteroatoms. The van der Waals surface area contributed by atoms with Gasteiger partial charge in [-0.3, -0.25) is 14.6 Å². The van der Waals surface area contributed by atoms with Crippen molar-refractivity contribution in [3.8, 4) is 11.1 Å². The first kappa shape index (κ1) is 51.6. The van der Waals surface area contributed by atoms with E-state index in [1.54, 1.807) is 27.8 Å². The minimum Gasteiger partial charge on any atom is -0.459 e. The van der Waals surface area contributed by atoms with Gasteiger partial charge in [-0.2, -0.15) is 13.5 Å². The Labute approximate surface area is 378 Å². The number of ether oxygens (including phenoxy) is 3. The van der Waals surface area contributed by atoms with Crippen molar-refractivity contribution in [2.24, 2.45) is 16.6 Å². The Hall–Kier alpha value is -5.77. The fraction of sp³-hybridized carbons (Fsp3) is 0.489. The predicted octanol–water partition coefficient (Wildman–Crippen LogP) is 6.08. The molecule has 7 N–H and O–H groups in total. The van der Waals surface area contributed by atoms with Gasteiger partial charge in [0.15, 0.2) is 5.96 Å². The molecule has 3 atom stereocenters. The number of nitrogens with one attached hydrogen (secondary N) is 5. The van der Waals surface area contributed by atoms with Gasteiger partial charge in [0.05, 0.1) is 0 Å². The summed E-state index contributed by atoms with van der Waals surface area (Å²) in [6.07, 6.45) is 0.527. The molecule has 1 aliphatic carbocycles. The maximum absolute atomic E-state index is 14.2. The van der Waals surface area contributed by atoms with E-state index in [1.807, 2.05) is 93.6 Å². The van der Waals surface area contributed by atoms with E-state index in [-0.39, 0.29) is 63.9 Å². The van der Waals surface area contributed by atoms with Crippen LogP contribution in [-0.2, 0) is 35.2 Å². The molecule has 0 spiro atoms. The molecular weight excluding hydrogens is 823 g/mol. The average Bonchev–Trinajstić information content (AvgIpc) is 3.55. The quantitative estimate of drug-likeness (QED) is 0.0239. The summed E-state index contributed by atoms with van der Waals surface area (Å²) in [5.74, 6) is -1.76. The van der Waals surface area contributed by atoms with Gasteiger partial charge in [-0.25, -0.2) is 14.4 Å². The molecule has 63 heavy (non-hydrogen) atoms. The summed E-state index contributed by atoms with van der Waals surface area (Å²) in [6, 6.07) is 20.3. The van der Waals surface area contributed by atoms with Crippen molar-refractivity contribution in [2.75, 3.05) is 26.7 Å². The summed E-state index contributed by atoms with van der Waals surface area (Å²) in [5.41, 5.74) is 11.3. The number of benzene rings is 3. The lowest BCUT2D eigenvalue weighted by molar-refractivity contribution is -0.150. The SMILES string of the molecule is CN=C(N)NCCC[C@@H](NC(=O)[C@@H](CCCCNC(=O)OC(C)(C)C)NC(=O)OCC1c2ccccc2-c2ccccc21)C(=O)N[C@@H](CC(C)C)C(=O)OCc1ccc(C)cc1.S. The summed E-state index contributed by atoms with van der Waals surface area (Å²) in [6.45, 7) is 11.8. The number of esters is 1. The normalized spacial score (nSPS) is 13.6. The highest BCUT2D eigenvalue weighted by atomic mass is 32.1. The number of alkyl carbamates (subject to hydrolysis) is 2. The van der Waals surface area contributed by atoms with Crippen molar-refractivity contribution < 1.29 is 38.2 Å². The third kappa shape index (κ3) is 17.1. The van der Waals surface area contributed by atoms with Crippen LogP contribution in [-0.4, -0.2) is 86.4 Å². The summed E-state index contributed by atoms with van der Waals surface area (Å²) in [7, 11) is 1.54. The van der Waals surface area contributed by atoms with Gasteiger partial charge in [-0.05, 0) is 100.0 Å². The molecule has 4 amide bonds. The Bertz CT molecular complexity index is 1960. The van der Waals surface area contributed by atoms with Crippen LogP contribution in [0.5, 0.6) is 0 Å². The number of hydrogen-bond donors (Lipinski definition) is 6. The van der Waals surface area contributed by atoms with Crippen molar-refractivity contribution >= 4 is 49.4 Å². The van der Waals surface area contributed by atoms with Crippen LogP contribution in [0.2, 0.25) is 0 Å². The summed E-state index contributed by atoms with van der Waals surface area (Å²) in [5, 5.41) is 14.1. The Morgan fingerprint density at radius 1 is 0.714 bits per heavy atom. The number of guanidine groups is 1. The number of nitrogens with two attached hydrogens (primary N) is 1. The van der Waals surface area contributed by atoms with E-state index in [0.29, 0.717) is 32.2 Å². The topological polar surface area (TPSA) is 212 Å². The maximum Gasteiger partial charge on any atom is 0.407 e. The molecule has 0 aliphatic heterocycles. The lowest BCUT2D eigenvalue weighted by Gasteiger charge is -2.26. The van der Waals surface area contributed by atoms with Crippen molar-refractivity contribution in [3.63, 3.8) is 0 Å². The van der Waals surface area contributed by atoms with Crippen molar-refractivity contribution in [1.82, 2.24) is 26.6 Å². The number of aryl methyl sites for hydroxylation is 1. The van der Waals surface area contributed by atoms with Crippen molar-refractivity contribution in [1.29, 1.82) is 0 Å². The van der Waals surface area contributed by atoms with E-state index in [9.17, 15) is 24.0 Å². The van der Waals surface area contributed by atoms with Gasteiger partial charge in [0.2, 0.25) is 11.8 Å². The summed E-state index contributed by atoms with van der Waals surface area (Å²) >= 11 is 0. The molecule has 4 rings (SSSR count). The highest BCUT2D eigenvalue weighted by Crippen LogP contribution is 2.44. The minimum absolute atomic E-state index is 0. The molecule has 0 heterocycles. The fourth-order valence-corrected chi connectivity index (χ4v) is 7.07. The number of nitrogens with zero attached hydrogens (tertiary/aromatic N) is 1. The number of amides is 4. The Morgan fingerprint density at radius 2 is 1.27 bits per heavy atom. The van der Waals surface area contributed by atoms with Gasteiger partial charge in [0, 0.05) is 26.1 Å². The molecule has 0 saturated carbocycles. The van der Waals surface area contributed by atoms with Crippen LogP contribution in [0, 0.1) is 12.8 Å². The van der Waals surface area contributed by atoms with Crippen LogP contribution in [0.15, 0.2) is 77.8 Å². The Kier molecular flexibility index (Phi) is 20.8. The van der Waals surface area contributed by atoms with Gasteiger partial charge in [0.1, 0.15) is 36.9 Å². The second-order valence-corrected chi connectivity index (χ2v) is 17.0. The number of fused-ring (bicyclic) bond motifs is 3. The van der Waals surface area contributed by atoms with Crippen LogP contribution in [0.4, 0.5) is 9.59 Å². The predicted molar refractivity (Wildman–Crippen MR) is 250 cm³/mol. The van der Waals surface area contributed by atoms with E-state index in [4.69, 9.17) is 19.9 Å². The number of carbonyl (C=O) groups excluding carboxylic acids is 5. The van der Waals surface area contributed by atoms with E-state index >= 15 is 0 Å². The van der Waals surface area contributed by atoms with Crippen LogP contribution in [0.3, 0.4) is 0 Å². The zero-order valence-electron chi connectivity index (χ0n) is 37.7. The van der Waals surface area contributed by atoms with Gasteiger partial charge >= 0.3 is 18.2 Å². The highest BCUT2D eigenvalue weighted by Gasteiger charge is 2.32. The summed E-state index contributed by atoms with van der Waals surface area (Å²) < 4.78 is 16.8. The highest BCUT2D eigenvalue weighted by molar-refractivity contribution is 7.59. The Morgan fingerprint density at radius 3 is 1.86 bits per heavy atom. The second kappa shape index (κ2) is 25.4. The molecule has 3 aromatic carbocycles. The smallest absolute Gasteiger partial charge is 0.407 e. The fourth-order valence-electron chi connectivity index (χ4n) is 7.07. The number of rotatable bonds is 21. The average molecular weight is 890 g/mol. The van der Waals surface area contributed by atoms with E-state index in [0.717, 1.165) is 33.4 Å². The van der Waals surface area contributed by atoms with Crippen LogP contribution >= 0.6 is 13.5 Å². The van der Waals surface area contributed by atoms with Crippen LogP contribution in [0.1, 0.15) is 101 Å². The lowest BCUT2D eigenvalue weighted by Crippen LogP contribution is -2.56. The van der Waals surface area contributed by atoms with Crippen LogP contribution in [0.25, 0.3) is 11.1 Å². The molecule has 0 aromatic heterocycles. The molecule has 344 valence electrons. The largest absolute Gasteiger partial charge is 0.459 e. The monoisotopic (exact) mass is 889 g/mol. The second-order valence-electron chi connectivity index (χ2n) is 17.0. The first-order valence-corrected chi connectivity index (χ1v) is 21.4. The van der Waals surface area contributed by atoms with Crippen molar-refractivity contribution in [3.05, 3.63) is 95.1 Å². The lowest BCUT2D eigenvalue weighted by atomic mass is 9.98.